The number of guanidine groups is 1. The molecule has 2 aliphatic rings. The van der Waals surface area contributed by atoms with Crippen molar-refractivity contribution in [3.8, 4) is 0 Å². The topological polar surface area (TPSA) is 109 Å². The van der Waals surface area contributed by atoms with Gasteiger partial charge in [-0.1, -0.05) is 0 Å². The van der Waals surface area contributed by atoms with Crippen LogP contribution in [0, 0.1) is 0 Å². The summed E-state index contributed by atoms with van der Waals surface area (Å²) in [7, 11) is 0. The molecule has 3 amide bonds. The molecule has 1 saturated heterocycles. The summed E-state index contributed by atoms with van der Waals surface area (Å²) in [6.45, 7) is 0. The van der Waals surface area contributed by atoms with Crippen molar-refractivity contribution >= 4 is 23.7 Å². The zero-order chi connectivity index (χ0) is 8.72. The molecule has 2 aliphatic heterocycles. The summed E-state index contributed by atoms with van der Waals surface area (Å²) < 4.78 is 0. The number of amidine groups is 1. The van der Waals surface area contributed by atoms with Gasteiger partial charge in [-0.15, -0.1) is 0 Å². The van der Waals surface area contributed by atoms with Crippen molar-refractivity contribution in [2.75, 3.05) is 0 Å². The van der Waals surface area contributed by atoms with E-state index in [4.69, 9.17) is 5.73 Å². The number of nitrogens with two attached hydrogens (primary N) is 1. The summed E-state index contributed by atoms with van der Waals surface area (Å²) in [5, 5.41) is 4.36. The Morgan fingerprint density at radius 2 is 2.08 bits per heavy atom. The van der Waals surface area contributed by atoms with E-state index < -0.39 is 18.0 Å². The number of carbonyl (C=O) groups is 2. The Hall–Kier alpha value is -1.92. The van der Waals surface area contributed by atoms with Crippen molar-refractivity contribution in [1.29, 1.82) is 0 Å². The number of rotatable bonds is 0. The van der Waals surface area contributed by atoms with E-state index in [1.807, 2.05) is 5.32 Å². The normalized spacial score (nSPS) is 26.8. The van der Waals surface area contributed by atoms with Gasteiger partial charge in [-0.25, -0.2) is 9.79 Å². The van der Waals surface area contributed by atoms with Crippen LogP contribution >= 0.6 is 0 Å². The number of urea groups is 1. The number of aliphatic imine (C=N–C) groups is 2. The van der Waals surface area contributed by atoms with Gasteiger partial charge in [-0.3, -0.25) is 15.4 Å². The van der Waals surface area contributed by atoms with Crippen LogP contribution in [-0.4, -0.2) is 29.8 Å². The van der Waals surface area contributed by atoms with Crippen LogP contribution in [0.4, 0.5) is 4.79 Å². The third-order valence-electron chi connectivity index (χ3n) is 1.48. The molecule has 0 aromatic rings. The Kier molecular flexibility index (Phi) is 1.15. The fourth-order valence-corrected chi connectivity index (χ4v) is 1.01. The number of nitrogens with one attached hydrogen (secondary N) is 2. The lowest BCUT2D eigenvalue weighted by Crippen LogP contribution is -2.57. The van der Waals surface area contributed by atoms with E-state index in [-0.39, 0.29) is 11.8 Å². The van der Waals surface area contributed by atoms with Crippen molar-refractivity contribution in [2.24, 2.45) is 15.7 Å². The van der Waals surface area contributed by atoms with Crippen LogP contribution in [0.5, 0.6) is 0 Å². The zero-order valence-corrected chi connectivity index (χ0v) is 5.87. The molecule has 1 fully saturated rings. The van der Waals surface area contributed by atoms with Gasteiger partial charge in [-0.05, 0) is 0 Å². The Morgan fingerprint density at radius 1 is 1.33 bits per heavy atom. The minimum absolute atomic E-state index is 0.00681. The quantitative estimate of drug-likeness (QED) is 0.385. The SMILES string of the molecule is NC1=NC2C(=O)NC(=O)NC2=N1. The predicted octanol–water partition coefficient (Wildman–Crippen LogP) is -2.08. The highest BCUT2D eigenvalue weighted by molar-refractivity contribution is 6.25. The van der Waals surface area contributed by atoms with Crippen LogP contribution in [0.3, 0.4) is 0 Å². The summed E-state index contributed by atoms with van der Waals surface area (Å²) in [5.74, 6) is -0.299. The molecule has 1 atom stereocenters. The van der Waals surface area contributed by atoms with Crippen LogP contribution in [0.25, 0.3) is 0 Å². The summed E-state index contributed by atoms with van der Waals surface area (Å²) in [4.78, 5) is 29.1. The lowest BCUT2D eigenvalue weighted by Gasteiger charge is -2.16. The Morgan fingerprint density at radius 3 is 2.83 bits per heavy atom. The second-order valence-electron chi connectivity index (χ2n) is 2.33. The molecule has 7 heteroatoms. The van der Waals surface area contributed by atoms with Crippen LogP contribution in [0.1, 0.15) is 0 Å². The second-order valence-corrected chi connectivity index (χ2v) is 2.33. The zero-order valence-electron chi connectivity index (χ0n) is 5.87. The molecular weight excluding hydrogens is 162 g/mol. The minimum atomic E-state index is -0.775. The Labute approximate surface area is 66.7 Å². The molecule has 0 aromatic carbocycles. The first-order valence-corrected chi connectivity index (χ1v) is 3.20. The first-order chi connectivity index (χ1) is 5.66. The van der Waals surface area contributed by atoms with E-state index in [0.717, 1.165) is 0 Å². The van der Waals surface area contributed by atoms with E-state index in [1.165, 1.54) is 0 Å². The maximum atomic E-state index is 11.0. The monoisotopic (exact) mass is 167 g/mol. The van der Waals surface area contributed by atoms with Gasteiger partial charge in [-0.2, -0.15) is 4.99 Å². The number of hydrogen-bond donors (Lipinski definition) is 3. The molecule has 0 bridgehead atoms. The van der Waals surface area contributed by atoms with Crippen LogP contribution < -0.4 is 16.4 Å². The maximum Gasteiger partial charge on any atom is 0.326 e. The summed E-state index contributed by atoms with van der Waals surface area (Å²) in [6, 6.07) is -1.37. The van der Waals surface area contributed by atoms with Gasteiger partial charge in [0.15, 0.2) is 6.04 Å². The maximum absolute atomic E-state index is 11.0. The van der Waals surface area contributed by atoms with Gasteiger partial charge < -0.3 is 5.73 Å². The lowest BCUT2D eigenvalue weighted by atomic mass is 10.2. The third-order valence-corrected chi connectivity index (χ3v) is 1.48. The predicted molar refractivity (Wildman–Crippen MR) is 39.5 cm³/mol. The number of carbonyl (C=O) groups excluding carboxylic acids is 2. The summed E-state index contributed by atoms with van der Waals surface area (Å²) in [5.41, 5.74) is 5.23. The number of hydrogen-bond acceptors (Lipinski definition) is 5. The van der Waals surface area contributed by atoms with Gasteiger partial charge in [0, 0.05) is 0 Å². The fourth-order valence-electron chi connectivity index (χ4n) is 1.01. The van der Waals surface area contributed by atoms with E-state index in [1.54, 1.807) is 0 Å². The molecule has 1 unspecified atom stereocenters. The number of amides is 3. The van der Waals surface area contributed by atoms with Crippen molar-refractivity contribution in [1.82, 2.24) is 10.6 Å². The molecule has 62 valence electrons. The largest absolute Gasteiger partial charge is 0.368 e. The summed E-state index contributed by atoms with van der Waals surface area (Å²) in [6.07, 6.45) is 0. The highest BCUT2D eigenvalue weighted by Gasteiger charge is 2.35. The van der Waals surface area contributed by atoms with Crippen molar-refractivity contribution < 1.29 is 9.59 Å². The fraction of sp³-hybridized carbons (Fsp3) is 0.200. The number of fused-ring (bicyclic) bond motifs is 1. The van der Waals surface area contributed by atoms with Gasteiger partial charge in [0.25, 0.3) is 5.91 Å². The van der Waals surface area contributed by atoms with Crippen LogP contribution in [-0.2, 0) is 4.79 Å². The van der Waals surface area contributed by atoms with Crippen molar-refractivity contribution in [2.45, 2.75) is 6.04 Å². The Balaban J connectivity index is 2.34. The van der Waals surface area contributed by atoms with E-state index in [2.05, 4.69) is 15.3 Å². The Bertz CT molecular complexity index is 331. The second kappa shape index (κ2) is 2.03. The number of nitrogens with zero attached hydrogens (tertiary/aromatic N) is 2. The smallest absolute Gasteiger partial charge is 0.326 e. The molecule has 7 nitrogen and oxygen atoms in total. The molecule has 0 saturated carbocycles. The molecule has 2 rings (SSSR count). The van der Waals surface area contributed by atoms with Crippen LogP contribution in [0.15, 0.2) is 9.98 Å². The molecular formula is C5H5N5O2. The minimum Gasteiger partial charge on any atom is -0.368 e. The van der Waals surface area contributed by atoms with Gasteiger partial charge in [0.1, 0.15) is 5.84 Å². The van der Waals surface area contributed by atoms with Crippen molar-refractivity contribution in [3.63, 3.8) is 0 Å². The molecule has 0 aromatic heterocycles. The van der Waals surface area contributed by atoms with Gasteiger partial charge >= 0.3 is 6.03 Å². The van der Waals surface area contributed by atoms with Gasteiger partial charge in [0.2, 0.25) is 5.96 Å². The lowest BCUT2D eigenvalue weighted by molar-refractivity contribution is -0.120. The third kappa shape index (κ3) is 0.831. The first kappa shape index (κ1) is 6.77. The molecule has 0 aliphatic carbocycles. The molecule has 4 N–H and O–H groups in total. The average molecular weight is 167 g/mol. The van der Waals surface area contributed by atoms with Gasteiger partial charge in [0.05, 0.1) is 0 Å². The van der Waals surface area contributed by atoms with Crippen molar-refractivity contribution in [3.05, 3.63) is 0 Å². The summed E-state index contributed by atoms with van der Waals surface area (Å²) >= 11 is 0. The molecule has 2 heterocycles. The first-order valence-electron chi connectivity index (χ1n) is 3.20. The average Bonchev–Trinajstić information content (AvgIpc) is 2.29. The molecule has 0 radical (unpaired) electrons. The van der Waals surface area contributed by atoms with E-state index in [0.29, 0.717) is 0 Å². The highest BCUT2D eigenvalue weighted by Crippen LogP contribution is 2.05. The molecule has 0 spiro atoms. The van der Waals surface area contributed by atoms with E-state index in [9.17, 15) is 9.59 Å². The van der Waals surface area contributed by atoms with E-state index >= 15 is 0 Å². The standard InChI is InChI=1S/C5H5N5O2/c6-4-7-1-2(8-4)9-5(12)10-3(1)11/h1H,(H4,6,7,8,9,10,11,12). The highest BCUT2D eigenvalue weighted by atomic mass is 16.2. The van der Waals surface area contributed by atoms with Crippen LogP contribution in [0.2, 0.25) is 0 Å². The molecule has 12 heavy (non-hydrogen) atoms. The number of imide groups is 1.